The van der Waals surface area contributed by atoms with Gasteiger partial charge in [-0.15, -0.1) is 0 Å². The van der Waals surface area contributed by atoms with E-state index in [1.165, 1.54) is 62.7 Å². The number of rotatable bonds is 2. The third-order valence-electron chi connectivity index (χ3n) is 6.38. The van der Waals surface area contributed by atoms with Crippen molar-refractivity contribution in [1.29, 1.82) is 0 Å². The third-order valence-corrected chi connectivity index (χ3v) is 6.62. The van der Waals surface area contributed by atoms with Gasteiger partial charge in [-0.1, -0.05) is 24.1 Å². The van der Waals surface area contributed by atoms with E-state index in [0.717, 1.165) is 28.8 Å². The molecule has 4 rings (SSSR count). The van der Waals surface area contributed by atoms with Crippen molar-refractivity contribution < 1.29 is 0 Å². The number of aryl methyl sites for hydroxylation is 1. The third kappa shape index (κ3) is 2.64. The predicted molar refractivity (Wildman–Crippen MR) is 89.0 cm³/mol. The molecule has 1 saturated heterocycles. The highest BCUT2D eigenvalue weighted by Crippen LogP contribution is 2.47. The molecule has 114 valence electrons. The van der Waals surface area contributed by atoms with Gasteiger partial charge in [-0.05, 0) is 93.1 Å². The lowest BCUT2D eigenvalue weighted by molar-refractivity contribution is 0.110. The summed E-state index contributed by atoms with van der Waals surface area (Å²) in [5.41, 5.74) is 2.91. The molecular weight excluding hydrogens is 278 g/mol. The maximum absolute atomic E-state index is 6.20. The summed E-state index contributed by atoms with van der Waals surface area (Å²) < 4.78 is 0. The van der Waals surface area contributed by atoms with Gasteiger partial charge in [0.1, 0.15) is 0 Å². The second kappa shape index (κ2) is 5.59. The Balaban J connectivity index is 1.41. The molecule has 3 atom stereocenters. The van der Waals surface area contributed by atoms with E-state index in [4.69, 9.17) is 11.6 Å². The summed E-state index contributed by atoms with van der Waals surface area (Å²) in [7, 11) is 0. The topological polar surface area (TPSA) is 3.24 Å². The van der Waals surface area contributed by atoms with Crippen LogP contribution in [-0.4, -0.2) is 24.0 Å². The number of hydrogen-bond acceptors (Lipinski definition) is 1. The van der Waals surface area contributed by atoms with Gasteiger partial charge in [0.05, 0.1) is 0 Å². The van der Waals surface area contributed by atoms with Crippen LogP contribution in [0.15, 0.2) is 18.2 Å². The first-order valence-electron chi connectivity index (χ1n) is 8.71. The van der Waals surface area contributed by atoms with Gasteiger partial charge in [0, 0.05) is 11.1 Å². The van der Waals surface area contributed by atoms with E-state index in [0.29, 0.717) is 0 Å². The molecule has 0 amide bonds. The first-order chi connectivity index (χ1) is 10.2. The SMILES string of the molecule is Cc1ccc(Cl)cc1C1CCN(C2C[C@H]3CC[C@H]2C3)CC1. The molecule has 0 aromatic heterocycles. The van der Waals surface area contributed by atoms with Crippen molar-refractivity contribution >= 4 is 11.6 Å². The van der Waals surface area contributed by atoms with E-state index in [2.05, 4.69) is 24.0 Å². The van der Waals surface area contributed by atoms with Gasteiger partial charge in [0.15, 0.2) is 0 Å². The highest BCUT2D eigenvalue weighted by Gasteiger charge is 2.42. The molecule has 0 N–H and O–H groups in total. The van der Waals surface area contributed by atoms with Gasteiger partial charge in [-0.25, -0.2) is 0 Å². The molecule has 21 heavy (non-hydrogen) atoms. The Morgan fingerprint density at radius 3 is 2.52 bits per heavy atom. The van der Waals surface area contributed by atoms with Crippen molar-refractivity contribution in [3.05, 3.63) is 34.3 Å². The average molecular weight is 304 g/mol. The number of halogens is 1. The molecule has 1 heterocycles. The number of likely N-dealkylation sites (tertiary alicyclic amines) is 1. The quantitative estimate of drug-likeness (QED) is 0.742. The number of fused-ring (bicyclic) bond motifs is 2. The minimum atomic E-state index is 0.721. The number of nitrogens with zero attached hydrogens (tertiary/aromatic N) is 1. The molecule has 3 fully saturated rings. The lowest BCUT2D eigenvalue weighted by Crippen LogP contribution is -2.43. The summed E-state index contributed by atoms with van der Waals surface area (Å²) in [4.78, 5) is 2.82. The van der Waals surface area contributed by atoms with Gasteiger partial charge in [-0.2, -0.15) is 0 Å². The van der Waals surface area contributed by atoms with E-state index in [1.807, 2.05) is 6.07 Å². The first kappa shape index (κ1) is 14.1. The highest BCUT2D eigenvalue weighted by atomic mass is 35.5. The Morgan fingerprint density at radius 1 is 1.05 bits per heavy atom. The van der Waals surface area contributed by atoms with E-state index < -0.39 is 0 Å². The second-order valence-electron chi connectivity index (χ2n) is 7.55. The van der Waals surface area contributed by atoms with Crippen molar-refractivity contribution in [3.63, 3.8) is 0 Å². The molecule has 2 heteroatoms. The summed E-state index contributed by atoms with van der Waals surface area (Å²) in [6, 6.07) is 7.32. The molecule has 0 spiro atoms. The fourth-order valence-electron chi connectivity index (χ4n) is 5.25. The van der Waals surface area contributed by atoms with Crippen LogP contribution in [0.5, 0.6) is 0 Å². The lowest BCUT2D eigenvalue weighted by Gasteiger charge is -2.40. The fraction of sp³-hybridized carbons (Fsp3) is 0.684. The standard InChI is InChI=1S/C19H26ClN/c1-13-2-5-17(20)12-18(13)15-6-8-21(9-7-15)19-11-14-3-4-16(19)10-14/h2,5,12,14-16,19H,3-4,6-11H2,1H3/t14-,16-,19?/m0/s1. The molecule has 2 saturated carbocycles. The van der Waals surface area contributed by atoms with Crippen LogP contribution in [0.3, 0.4) is 0 Å². The molecule has 0 radical (unpaired) electrons. The molecule has 1 nitrogen and oxygen atoms in total. The number of piperidine rings is 1. The first-order valence-corrected chi connectivity index (χ1v) is 9.08. The van der Waals surface area contributed by atoms with Gasteiger partial charge in [0.25, 0.3) is 0 Å². The van der Waals surface area contributed by atoms with Crippen molar-refractivity contribution in [2.24, 2.45) is 11.8 Å². The molecule has 1 aromatic carbocycles. The summed E-state index contributed by atoms with van der Waals surface area (Å²) in [5, 5.41) is 0.895. The van der Waals surface area contributed by atoms with Crippen molar-refractivity contribution in [2.75, 3.05) is 13.1 Å². The minimum absolute atomic E-state index is 0.721. The Kier molecular flexibility index (Phi) is 3.75. The van der Waals surface area contributed by atoms with Crippen LogP contribution < -0.4 is 0 Å². The molecule has 1 unspecified atom stereocenters. The van der Waals surface area contributed by atoms with Gasteiger partial charge < -0.3 is 4.90 Å². The normalized spacial score (nSPS) is 33.7. The maximum Gasteiger partial charge on any atom is 0.0409 e. The summed E-state index contributed by atoms with van der Waals surface area (Å²) in [5.74, 6) is 2.81. The fourth-order valence-corrected chi connectivity index (χ4v) is 5.43. The zero-order chi connectivity index (χ0) is 14.4. The molecule has 2 bridgehead atoms. The van der Waals surface area contributed by atoms with E-state index in [9.17, 15) is 0 Å². The Hall–Kier alpha value is -0.530. The number of benzene rings is 1. The van der Waals surface area contributed by atoms with E-state index >= 15 is 0 Å². The second-order valence-corrected chi connectivity index (χ2v) is 7.99. The molecule has 2 aliphatic carbocycles. The van der Waals surface area contributed by atoms with Crippen LogP contribution in [-0.2, 0) is 0 Å². The highest BCUT2D eigenvalue weighted by molar-refractivity contribution is 6.30. The Bertz CT molecular complexity index is 518. The van der Waals surface area contributed by atoms with E-state index in [-0.39, 0.29) is 0 Å². The lowest BCUT2D eigenvalue weighted by atomic mass is 9.85. The van der Waals surface area contributed by atoms with Crippen LogP contribution in [0.25, 0.3) is 0 Å². The van der Waals surface area contributed by atoms with Crippen LogP contribution >= 0.6 is 11.6 Å². The van der Waals surface area contributed by atoms with Crippen molar-refractivity contribution in [3.8, 4) is 0 Å². The Labute approximate surface area is 133 Å². The largest absolute Gasteiger partial charge is 0.300 e. The average Bonchev–Trinajstić information content (AvgIpc) is 3.13. The van der Waals surface area contributed by atoms with Gasteiger partial charge in [-0.3, -0.25) is 0 Å². The predicted octanol–water partition coefficient (Wildman–Crippen LogP) is 5.02. The maximum atomic E-state index is 6.20. The molecule has 1 aromatic rings. The van der Waals surface area contributed by atoms with Crippen LogP contribution in [0.1, 0.15) is 55.6 Å². The van der Waals surface area contributed by atoms with Gasteiger partial charge in [0.2, 0.25) is 0 Å². The molecule has 3 aliphatic rings. The smallest absolute Gasteiger partial charge is 0.0409 e. The Morgan fingerprint density at radius 2 is 1.86 bits per heavy atom. The summed E-state index contributed by atoms with van der Waals surface area (Å²) >= 11 is 6.20. The van der Waals surface area contributed by atoms with Crippen LogP contribution in [0.4, 0.5) is 0 Å². The van der Waals surface area contributed by atoms with E-state index in [1.54, 1.807) is 0 Å². The number of hydrogen-bond donors (Lipinski definition) is 0. The summed E-state index contributed by atoms with van der Waals surface area (Å²) in [6.07, 6.45) is 8.66. The van der Waals surface area contributed by atoms with Gasteiger partial charge >= 0.3 is 0 Å². The monoisotopic (exact) mass is 303 g/mol. The zero-order valence-electron chi connectivity index (χ0n) is 13.0. The van der Waals surface area contributed by atoms with Crippen LogP contribution in [0, 0.1) is 18.8 Å². The molecule has 1 aliphatic heterocycles. The molecular formula is C19H26ClN. The van der Waals surface area contributed by atoms with Crippen molar-refractivity contribution in [1.82, 2.24) is 4.90 Å². The van der Waals surface area contributed by atoms with Crippen molar-refractivity contribution in [2.45, 2.75) is 57.4 Å². The zero-order valence-corrected chi connectivity index (χ0v) is 13.8. The summed E-state index contributed by atoms with van der Waals surface area (Å²) in [6.45, 7) is 4.82. The minimum Gasteiger partial charge on any atom is -0.300 e. The van der Waals surface area contributed by atoms with Crippen LogP contribution in [0.2, 0.25) is 5.02 Å².